The minimum Gasteiger partial charge on any atom is -0.467 e. The van der Waals surface area contributed by atoms with Gasteiger partial charge in [0.25, 0.3) is 0 Å². The minimum atomic E-state index is -0.288. The molecule has 1 N–H and O–H groups in total. The number of esters is 1. The summed E-state index contributed by atoms with van der Waals surface area (Å²) in [5.41, 5.74) is 3.54. The molecule has 1 aromatic rings. The summed E-state index contributed by atoms with van der Waals surface area (Å²) >= 11 is 0. The highest BCUT2D eigenvalue weighted by Crippen LogP contribution is 2.32. The molecule has 0 heterocycles. The number of methoxy groups -OCH3 is 1. The summed E-state index contributed by atoms with van der Waals surface area (Å²) in [6.45, 7) is 6.40. The molecule has 0 saturated heterocycles. The van der Waals surface area contributed by atoms with Crippen LogP contribution in [0.4, 0.5) is 5.69 Å². The fraction of sp³-hybridized carbons (Fsp3) is 0.500. The fourth-order valence-electron chi connectivity index (χ4n) is 3.18. The topological polar surface area (TPSA) is 38.3 Å². The van der Waals surface area contributed by atoms with Crippen molar-refractivity contribution in [3.8, 4) is 0 Å². The van der Waals surface area contributed by atoms with Crippen LogP contribution < -0.4 is 5.32 Å². The summed E-state index contributed by atoms with van der Waals surface area (Å²) in [6, 6.07) is 7.83. The Balaban J connectivity index is 2.17. The standard InChI is InChI=1S/C18H25NO2/c1-12-5-7-16(8-6-12)19-17(18(20)21-4)15-10-13(2)9-14(3)11-15/h5-9,13,15,17,19H,10-11H2,1-4H3. The Morgan fingerprint density at radius 2 is 1.95 bits per heavy atom. The maximum Gasteiger partial charge on any atom is 0.328 e. The molecular formula is C18H25NO2. The zero-order valence-electron chi connectivity index (χ0n) is 13.3. The van der Waals surface area contributed by atoms with Crippen LogP contribution in [0.2, 0.25) is 0 Å². The predicted octanol–water partition coefficient (Wildman–Crippen LogP) is 3.94. The lowest BCUT2D eigenvalue weighted by molar-refractivity contribution is -0.143. The van der Waals surface area contributed by atoms with E-state index in [2.05, 4.69) is 32.2 Å². The van der Waals surface area contributed by atoms with Gasteiger partial charge in [0.15, 0.2) is 0 Å². The SMILES string of the molecule is COC(=O)C(Nc1ccc(C)cc1)C1CC(C)=CC(C)C1. The Morgan fingerprint density at radius 3 is 2.52 bits per heavy atom. The van der Waals surface area contributed by atoms with Crippen molar-refractivity contribution >= 4 is 11.7 Å². The van der Waals surface area contributed by atoms with Gasteiger partial charge in [0.05, 0.1) is 7.11 Å². The van der Waals surface area contributed by atoms with E-state index in [-0.39, 0.29) is 17.9 Å². The zero-order chi connectivity index (χ0) is 15.4. The molecule has 0 amide bonds. The number of rotatable bonds is 4. The van der Waals surface area contributed by atoms with E-state index >= 15 is 0 Å². The molecule has 0 spiro atoms. The van der Waals surface area contributed by atoms with Gasteiger partial charge in [0.1, 0.15) is 6.04 Å². The van der Waals surface area contributed by atoms with Crippen molar-refractivity contribution in [3.05, 3.63) is 41.5 Å². The van der Waals surface area contributed by atoms with E-state index in [1.807, 2.05) is 24.3 Å². The maximum absolute atomic E-state index is 12.2. The molecule has 0 saturated carbocycles. The van der Waals surface area contributed by atoms with Crippen molar-refractivity contribution in [2.75, 3.05) is 12.4 Å². The minimum absolute atomic E-state index is 0.178. The maximum atomic E-state index is 12.2. The quantitative estimate of drug-likeness (QED) is 0.673. The molecule has 3 nitrogen and oxygen atoms in total. The van der Waals surface area contributed by atoms with Crippen LogP contribution in [0.1, 0.15) is 32.3 Å². The lowest BCUT2D eigenvalue weighted by atomic mass is 9.79. The summed E-state index contributed by atoms with van der Waals surface area (Å²) in [5.74, 6) is 0.608. The Morgan fingerprint density at radius 1 is 1.29 bits per heavy atom. The Labute approximate surface area is 127 Å². The molecule has 2 rings (SSSR count). The molecule has 0 bridgehead atoms. The summed E-state index contributed by atoms with van der Waals surface area (Å²) in [5, 5.41) is 3.37. The van der Waals surface area contributed by atoms with E-state index in [0.29, 0.717) is 5.92 Å². The summed E-state index contributed by atoms with van der Waals surface area (Å²) in [7, 11) is 1.46. The van der Waals surface area contributed by atoms with Crippen LogP contribution in [0.15, 0.2) is 35.9 Å². The normalized spacial score (nSPS) is 23.1. The van der Waals surface area contributed by atoms with Gasteiger partial charge in [0.2, 0.25) is 0 Å². The van der Waals surface area contributed by atoms with Crippen LogP contribution >= 0.6 is 0 Å². The number of anilines is 1. The lowest BCUT2D eigenvalue weighted by Gasteiger charge is -2.31. The van der Waals surface area contributed by atoms with Crippen LogP contribution in [-0.4, -0.2) is 19.1 Å². The molecule has 3 unspecified atom stereocenters. The third-order valence-electron chi connectivity index (χ3n) is 4.13. The van der Waals surface area contributed by atoms with Gasteiger partial charge in [-0.1, -0.05) is 36.3 Å². The summed E-state index contributed by atoms with van der Waals surface area (Å²) < 4.78 is 5.01. The Bertz CT molecular complexity index is 519. The molecule has 114 valence electrons. The summed E-state index contributed by atoms with van der Waals surface area (Å²) in [6.07, 6.45) is 4.26. The first-order valence-electron chi connectivity index (χ1n) is 7.58. The second kappa shape index (κ2) is 6.79. The number of hydrogen-bond donors (Lipinski definition) is 1. The zero-order valence-corrected chi connectivity index (χ0v) is 13.3. The van der Waals surface area contributed by atoms with Crippen LogP contribution in [0.25, 0.3) is 0 Å². The molecule has 3 heteroatoms. The van der Waals surface area contributed by atoms with E-state index in [1.165, 1.54) is 18.2 Å². The van der Waals surface area contributed by atoms with Crippen molar-refractivity contribution in [3.63, 3.8) is 0 Å². The van der Waals surface area contributed by atoms with Crippen molar-refractivity contribution in [1.29, 1.82) is 0 Å². The first kappa shape index (κ1) is 15.6. The van der Waals surface area contributed by atoms with Crippen molar-refractivity contribution < 1.29 is 9.53 Å². The van der Waals surface area contributed by atoms with Crippen LogP contribution in [0.5, 0.6) is 0 Å². The first-order valence-corrected chi connectivity index (χ1v) is 7.58. The molecule has 0 aliphatic heterocycles. The first-order chi connectivity index (χ1) is 9.99. The number of allylic oxidation sites excluding steroid dienone is 2. The highest BCUT2D eigenvalue weighted by Gasteiger charge is 2.32. The van der Waals surface area contributed by atoms with Crippen LogP contribution in [0, 0.1) is 18.8 Å². The van der Waals surface area contributed by atoms with Crippen molar-refractivity contribution in [1.82, 2.24) is 0 Å². The Kier molecular flexibility index (Phi) is 5.05. The van der Waals surface area contributed by atoms with Crippen LogP contribution in [0.3, 0.4) is 0 Å². The van der Waals surface area contributed by atoms with Gasteiger partial charge in [0, 0.05) is 5.69 Å². The molecule has 0 radical (unpaired) electrons. The predicted molar refractivity (Wildman–Crippen MR) is 86.3 cm³/mol. The van der Waals surface area contributed by atoms with E-state index in [1.54, 1.807) is 0 Å². The second-order valence-electron chi connectivity index (χ2n) is 6.20. The summed E-state index contributed by atoms with van der Waals surface area (Å²) in [4.78, 5) is 12.2. The van der Waals surface area contributed by atoms with E-state index in [4.69, 9.17) is 4.74 Å². The van der Waals surface area contributed by atoms with E-state index in [0.717, 1.165) is 18.5 Å². The number of benzene rings is 1. The number of aryl methyl sites for hydroxylation is 1. The van der Waals surface area contributed by atoms with Gasteiger partial charge in [-0.05, 0) is 50.7 Å². The van der Waals surface area contributed by atoms with Crippen LogP contribution in [-0.2, 0) is 9.53 Å². The van der Waals surface area contributed by atoms with Gasteiger partial charge in [-0.3, -0.25) is 0 Å². The highest BCUT2D eigenvalue weighted by atomic mass is 16.5. The van der Waals surface area contributed by atoms with Gasteiger partial charge < -0.3 is 10.1 Å². The van der Waals surface area contributed by atoms with E-state index < -0.39 is 0 Å². The Hall–Kier alpha value is -1.77. The third kappa shape index (κ3) is 4.10. The average molecular weight is 287 g/mol. The molecule has 0 fully saturated rings. The van der Waals surface area contributed by atoms with E-state index in [9.17, 15) is 4.79 Å². The number of ether oxygens (including phenoxy) is 1. The number of hydrogen-bond acceptors (Lipinski definition) is 3. The van der Waals surface area contributed by atoms with Gasteiger partial charge in [-0.15, -0.1) is 0 Å². The molecular weight excluding hydrogens is 262 g/mol. The molecule has 1 aromatic carbocycles. The average Bonchev–Trinajstić information content (AvgIpc) is 2.44. The molecule has 1 aliphatic rings. The largest absolute Gasteiger partial charge is 0.467 e. The number of carbonyl (C=O) groups excluding carboxylic acids is 1. The monoisotopic (exact) mass is 287 g/mol. The fourth-order valence-corrected chi connectivity index (χ4v) is 3.18. The van der Waals surface area contributed by atoms with Crippen molar-refractivity contribution in [2.45, 2.75) is 39.7 Å². The lowest BCUT2D eigenvalue weighted by Crippen LogP contribution is -2.39. The highest BCUT2D eigenvalue weighted by molar-refractivity contribution is 5.79. The van der Waals surface area contributed by atoms with Crippen molar-refractivity contribution in [2.24, 2.45) is 11.8 Å². The molecule has 3 atom stereocenters. The van der Waals surface area contributed by atoms with Gasteiger partial charge in [-0.2, -0.15) is 0 Å². The number of nitrogens with one attached hydrogen (secondary N) is 1. The molecule has 1 aliphatic carbocycles. The van der Waals surface area contributed by atoms with Gasteiger partial charge >= 0.3 is 5.97 Å². The second-order valence-corrected chi connectivity index (χ2v) is 6.20. The number of carbonyl (C=O) groups is 1. The smallest absolute Gasteiger partial charge is 0.328 e. The molecule has 21 heavy (non-hydrogen) atoms. The molecule has 0 aromatic heterocycles. The third-order valence-corrected chi connectivity index (χ3v) is 4.13. The van der Waals surface area contributed by atoms with Gasteiger partial charge in [-0.25, -0.2) is 4.79 Å².